The van der Waals surface area contributed by atoms with Crippen LogP contribution in [-0.4, -0.2) is 28.5 Å². The third kappa shape index (κ3) is 2.67. The molecular formula is C10H11N5O. The summed E-state index contributed by atoms with van der Waals surface area (Å²) in [6.45, 7) is 0.115. The van der Waals surface area contributed by atoms with Crippen molar-refractivity contribution in [3.8, 4) is 6.07 Å². The van der Waals surface area contributed by atoms with E-state index in [1.807, 2.05) is 6.07 Å². The first-order chi connectivity index (χ1) is 7.79. The average molecular weight is 217 g/mol. The number of carbonyl (C=O) groups excluding carboxylic acids is 1. The van der Waals surface area contributed by atoms with Gasteiger partial charge in [-0.25, -0.2) is 9.97 Å². The number of anilines is 1. The smallest absolute Gasteiger partial charge is 0.239 e. The van der Waals surface area contributed by atoms with Crippen LogP contribution in [0.25, 0.3) is 0 Å². The Labute approximate surface area is 92.7 Å². The second-order valence-electron chi connectivity index (χ2n) is 3.56. The summed E-state index contributed by atoms with van der Waals surface area (Å²) in [6, 6.07) is 2.24. The van der Waals surface area contributed by atoms with Crippen LogP contribution in [0.1, 0.15) is 18.5 Å². The molecule has 2 N–H and O–H groups in total. The zero-order valence-electron chi connectivity index (χ0n) is 8.60. The molecule has 0 aliphatic heterocycles. The molecule has 1 aliphatic carbocycles. The van der Waals surface area contributed by atoms with E-state index in [4.69, 9.17) is 5.26 Å². The third-order valence-electron chi connectivity index (χ3n) is 2.16. The van der Waals surface area contributed by atoms with Gasteiger partial charge in [-0.2, -0.15) is 5.26 Å². The van der Waals surface area contributed by atoms with Crippen LogP contribution in [0.2, 0.25) is 0 Å². The molecule has 1 aromatic rings. The fourth-order valence-corrected chi connectivity index (χ4v) is 1.22. The lowest BCUT2D eigenvalue weighted by atomic mass is 10.4. The van der Waals surface area contributed by atoms with E-state index in [1.54, 1.807) is 0 Å². The molecule has 0 atom stereocenters. The van der Waals surface area contributed by atoms with Crippen molar-refractivity contribution >= 4 is 11.7 Å². The van der Waals surface area contributed by atoms with Crippen LogP contribution in [0.5, 0.6) is 0 Å². The number of rotatable bonds is 4. The maximum absolute atomic E-state index is 11.4. The van der Waals surface area contributed by atoms with Gasteiger partial charge in [0, 0.05) is 18.4 Å². The number of carbonyl (C=O) groups is 1. The molecule has 6 nitrogen and oxygen atoms in total. The first-order valence-electron chi connectivity index (χ1n) is 5.04. The zero-order valence-corrected chi connectivity index (χ0v) is 8.60. The van der Waals surface area contributed by atoms with Gasteiger partial charge in [0.05, 0.1) is 6.54 Å². The summed E-state index contributed by atoms with van der Waals surface area (Å²) in [6.07, 6.45) is 5.02. The molecule has 82 valence electrons. The molecule has 6 heteroatoms. The molecule has 1 aromatic heterocycles. The van der Waals surface area contributed by atoms with Crippen LogP contribution in [0.4, 0.5) is 5.82 Å². The molecule has 1 fully saturated rings. The monoisotopic (exact) mass is 217 g/mol. The second kappa shape index (κ2) is 4.57. The molecular weight excluding hydrogens is 206 g/mol. The fraction of sp³-hybridized carbons (Fsp3) is 0.400. The summed E-state index contributed by atoms with van der Waals surface area (Å²) in [5, 5.41) is 14.4. The van der Waals surface area contributed by atoms with Crippen LogP contribution < -0.4 is 10.6 Å². The average Bonchev–Trinajstić information content (AvgIpc) is 3.10. The van der Waals surface area contributed by atoms with Crippen LogP contribution >= 0.6 is 0 Å². The number of hydrogen-bond acceptors (Lipinski definition) is 5. The SMILES string of the molecule is N#Cc1nccnc1NCC(=O)NC1CC1. The Bertz CT molecular complexity index is 435. The molecule has 0 radical (unpaired) electrons. The lowest BCUT2D eigenvalue weighted by molar-refractivity contribution is -0.119. The van der Waals surface area contributed by atoms with Crippen molar-refractivity contribution in [1.82, 2.24) is 15.3 Å². The van der Waals surface area contributed by atoms with Gasteiger partial charge in [-0.1, -0.05) is 0 Å². The van der Waals surface area contributed by atoms with E-state index in [1.165, 1.54) is 12.4 Å². The minimum Gasteiger partial charge on any atom is -0.359 e. The highest BCUT2D eigenvalue weighted by Gasteiger charge is 2.22. The largest absolute Gasteiger partial charge is 0.359 e. The first kappa shape index (κ1) is 10.4. The molecule has 1 amide bonds. The van der Waals surface area contributed by atoms with Crippen molar-refractivity contribution in [2.45, 2.75) is 18.9 Å². The molecule has 1 heterocycles. The fourth-order valence-electron chi connectivity index (χ4n) is 1.22. The van der Waals surface area contributed by atoms with Crippen molar-refractivity contribution in [1.29, 1.82) is 5.26 Å². The number of hydrogen-bond donors (Lipinski definition) is 2. The van der Waals surface area contributed by atoms with Crippen LogP contribution in [0, 0.1) is 11.3 Å². The predicted octanol–water partition coefficient (Wildman–Crippen LogP) is 0.0388. The summed E-state index contributed by atoms with van der Waals surface area (Å²) >= 11 is 0. The van der Waals surface area contributed by atoms with Gasteiger partial charge in [0.25, 0.3) is 0 Å². The lowest BCUT2D eigenvalue weighted by Crippen LogP contribution is -2.31. The van der Waals surface area contributed by atoms with E-state index in [9.17, 15) is 4.79 Å². The standard InChI is InChI=1S/C10H11N5O/c11-5-8-10(13-4-3-12-8)14-6-9(16)15-7-1-2-7/h3-4,7H,1-2,6H2,(H,13,14)(H,15,16). The molecule has 16 heavy (non-hydrogen) atoms. The van der Waals surface area contributed by atoms with Crippen LogP contribution in [0.15, 0.2) is 12.4 Å². The normalized spacial score (nSPS) is 13.9. The van der Waals surface area contributed by atoms with E-state index < -0.39 is 0 Å². The number of nitrogens with zero attached hydrogens (tertiary/aromatic N) is 3. The highest BCUT2D eigenvalue weighted by Crippen LogP contribution is 2.18. The Kier molecular flexibility index (Phi) is 2.96. The molecule has 0 aromatic carbocycles. The van der Waals surface area contributed by atoms with E-state index in [-0.39, 0.29) is 18.1 Å². The Morgan fingerprint density at radius 3 is 2.94 bits per heavy atom. The summed E-state index contributed by atoms with van der Waals surface area (Å²) in [7, 11) is 0. The molecule has 0 unspecified atom stereocenters. The van der Waals surface area contributed by atoms with Gasteiger partial charge in [0.2, 0.25) is 5.91 Å². The van der Waals surface area contributed by atoms with Crippen molar-refractivity contribution in [2.75, 3.05) is 11.9 Å². The number of amides is 1. The Morgan fingerprint density at radius 1 is 1.50 bits per heavy atom. The highest BCUT2D eigenvalue weighted by atomic mass is 16.2. The van der Waals surface area contributed by atoms with Gasteiger partial charge in [-0.15, -0.1) is 0 Å². The van der Waals surface area contributed by atoms with Gasteiger partial charge >= 0.3 is 0 Å². The van der Waals surface area contributed by atoms with Crippen LogP contribution in [0.3, 0.4) is 0 Å². The summed E-state index contributed by atoms with van der Waals surface area (Å²) in [5.74, 6) is 0.257. The van der Waals surface area contributed by atoms with E-state index in [0.717, 1.165) is 12.8 Å². The Hall–Kier alpha value is -2.16. The topological polar surface area (TPSA) is 90.7 Å². The quantitative estimate of drug-likeness (QED) is 0.743. The van der Waals surface area contributed by atoms with Gasteiger partial charge in [-0.05, 0) is 12.8 Å². The van der Waals surface area contributed by atoms with Crippen molar-refractivity contribution in [2.24, 2.45) is 0 Å². The molecule has 0 saturated heterocycles. The molecule has 0 bridgehead atoms. The summed E-state index contributed by atoms with van der Waals surface area (Å²) in [5.41, 5.74) is 0.196. The van der Waals surface area contributed by atoms with Gasteiger partial charge in [0.15, 0.2) is 11.5 Å². The Balaban J connectivity index is 1.88. The Morgan fingerprint density at radius 2 is 2.25 bits per heavy atom. The zero-order chi connectivity index (χ0) is 11.4. The van der Waals surface area contributed by atoms with E-state index in [0.29, 0.717) is 11.9 Å². The summed E-state index contributed by atoms with van der Waals surface area (Å²) in [4.78, 5) is 19.1. The predicted molar refractivity (Wildman–Crippen MR) is 56.4 cm³/mol. The van der Waals surface area contributed by atoms with E-state index >= 15 is 0 Å². The van der Waals surface area contributed by atoms with Crippen molar-refractivity contribution in [3.63, 3.8) is 0 Å². The number of nitrogens with one attached hydrogen (secondary N) is 2. The number of aromatic nitrogens is 2. The van der Waals surface area contributed by atoms with Gasteiger partial charge in [0.1, 0.15) is 6.07 Å². The van der Waals surface area contributed by atoms with Crippen LogP contribution in [-0.2, 0) is 4.79 Å². The van der Waals surface area contributed by atoms with Gasteiger partial charge < -0.3 is 10.6 Å². The molecule has 1 aliphatic rings. The maximum Gasteiger partial charge on any atom is 0.239 e. The minimum absolute atomic E-state index is 0.0861. The van der Waals surface area contributed by atoms with Gasteiger partial charge in [-0.3, -0.25) is 4.79 Å². The lowest BCUT2D eigenvalue weighted by Gasteiger charge is -2.06. The number of nitriles is 1. The molecule has 0 spiro atoms. The molecule has 1 saturated carbocycles. The van der Waals surface area contributed by atoms with E-state index in [2.05, 4.69) is 20.6 Å². The molecule has 2 rings (SSSR count). The third-order valence-corrected chi connectivity index (χ3v) is 2.16. The minimum atomic E-state index is -0.0861. The summed E-state index contributed by atoms with van der Waals surface area (Å²) < 4.78 is 0. The van der Waals surface area contributed by atoms with Crippen molar-refractivity contribution < 1.29 is 4.79 Å². The maximum atomic E-state index is 11.4. The second-order valence-corrected chi connectivity index (χ2v) is 3.56. The first-order valence-corrected chi connectivity index (χ1v) is 5.04. The highest BCUT2D eigenvalue weighted by molar-refractivity contribution is 5.81. The van der Waals surface area contributed by atoms with Crippen molar-refractivity contribution in [3.05, 3.63) is 18.1 Å².